The Balaban J connectivity index is 1.68. The molecule has 8 heteroatoms. The lowest BCUT2D eigenvalue weighted by molar-refractivity contribution is -0.132. The number of sulfonamides is 1. The van der Waals surface area contributed by atoms with Gasteiger partial charge < -0.3 is 9.47 Å². The van der Waals surface area contributed by atoms with Crippen LogP contribution in [0.15, 0.2) is 30.5 Å². The monoisotopic (exact) mass is 355 g/mol. The van der Waals surface area contributed by atoms with Gasteiger partial charge in [-0.1, -0.05) is 11.6 Å². The van der Waals surface area contributed by atoms with Crippen LogP contribution in [0, 0.1) is 0 Å². The summed E-state index contributed by atoms with van der Waals surface area (Å²) < 4.78 is 26.3. The predicted molar refractivity (Wildman–Crippen MR) is 89.9 cm³/mol. The SMILES string of the molecule is CS(=O)(=O)N1CCN(C(=O)Cn2ccc3cc(Cl)ccc32)CC1. The summed E-state index contributed by atoms with van der Waals surface area (Å²) in [7, 11) is -3.18. The lowest BCUT2D eigenvalue weighted by atomic mass is 10.2. The Bertz CT molecular complexity index is 839. The molecule has 3 rings (SSSR count). The van der Waals surface area contributed by atoms with Gasteiger partial charge in [0.05, 0.1) is 6.26 Å². The predicted octanol–water partition coefficient (Wildman–Crippen LogP) is 1.40. The van der Waals surface area contributed by atoms with Gasteiger partial charge in [-0.05, 0) is 24.3 Å². The highest BCUT2D eigenvalue weighted by Gasteiger charge is 2.26. The van der Waals surface area contributed by atoms with Crippen LogP contribution < -0.4 is 0 Å². The molecule has 0 spiro atoms. The summed E-state index contributed by atoms with van der Waals surface area (Å²) in [5.74, 6) is -0.00870. The standard InChI is InChI=1S/C15H18ClN3O3S/c1-23(21,22)19-8-6-17(7-9-19)15(20)11-18-5-4-12-10-13(16)2-3-14(12)18/h2-5,10H,6-9,11H2,1H3. The zero-order chi connectivity index (χ0) is 16.6. The molecule has 1 saturated heterocycles. The van der Waals surface area contributed by atoms with Crippen molar-refractivity contribution in [2.45, 2.75) is 6.54 Å². The lowest BCUT2D eigenvalue weighted by Gasteiger charge is -2.33. The second-order valence-electron chi connectivity index (χ2n) is 5.69. The van der Waals surface area contributed by atoms with E-state index in [9.17, 15) is 13.2 Å². The van der Waals surface area contributed by atoms with E-state index in [1.807, 2.05) is 29.0 Å². The molecule has 1 aliphatic rings. The third-order valence-corrected chi connectivity index (χ3v) is 5.64. The van der Waals surface area contributed by atoms with E-state index in [0.29, 0.717) is 31.2 Å². The molecule has 0 aliphatic carbocycles. The number of amides is 1. The first kappa shape index (κ1) is 16.3. The van der Waals surface area contributed by atoms with Crippen LogP contribution in [-0.2, 0) is 21.4 Å². The topological polar surface area (TPSA) is 62.6 Å². The van der Waals surface area contributed by atoms with Crippen LogP contribution in [0.2, 0.25) is 5.02 Å². The van der Waals surface area contributed by atoms with Gasteiger partial charge in [0.15, 0.2) is 0 Å². The van der Waals surface area contributed by atoms with E-state index in [1.54, 1.807) is 11.0 Å². The quantitative estimate of drug-likeness (QED) is 0.836. The van der Waals surface area contributed by atoms with E-state index in [4.69, 9.17) is 11.6 Å². The van der Waals surface area contributed by atoms with E-state index in [-0.39, 0.29) is 12.5 Å². The van der Waals surface area contributed by atoms with Crippen LogP contribution in [0.1, 0.15) is 0 Å². The number of rotatable bonds is 3. The number of aromatic nitrogens is 1. The van der Waals surface area contributed by atoms with Crippen molar-refractivity contribution >= 4 is 38.4 Å². The number of piperazine rings is 1. The van der Waals surface area contributed by atoms with Gasteiger partial charge in [0.25, 0.3) is 0 Å². The van der Waals surface area contributed by atoms with Gasteiger partial charge in [0.1, 0.15) is 6.54 Å². The first-order valence-electron chi connectivity index (χ1n) is 7.32. The minimum atomic E-state index is -3.18. The molecule has 6 nitrogen and oxygen atoms in total. The molecule has 124 valence electrons. The largest absolute Gasteiger partial charge is 0.339 e. The number of carbonyl (C=O) groups is 1. The summed E-state index contributed by atoms with van der Waals surface area (Å²) in [6.45, 7) is 1.80. The Morgan fingerprint density at radius 1 is 1.17 bits per heavy atom. The summed E-state index contributed by atoms with van der Waals surface area (Å²) in [5.41, 5.74) is 0.956. The van der Waals surface area contributed by atoms with E-state index in [0.717, 1.165) is 10.9 Å². The van der Waals surface area contributed by atoms with E-state index in [1.165, 1.54) is 10.6 Å². The lowest BCUT2D eigenvalue weighted by Crippen LogP contribution is -2.50. The molecular weight excluding hydrogens is 338 g/mol. The third-order valence-electron chi connectivity index (χ3n) is 4.10. The molecule has 1 fully saturated rings. The highest BCUT2D eigenvalue weighted by atomic mass is 35.5. The molecule has 23 heavy (non-hydrogen) atoms. The summed E-state index contributed by atoms with van der Waals surface area (Å²) in [6.07, 6.45) is 3.06. The van der Waals surface area contributed by atoms with Crippen LogP contribution in [-0.4, -0.2) is 60.5 Å². The first-order chi connectivity index (χ1) is 10.8. The second kappa shape index (κ2) is 6.14. The van der Waals surface area contributed by atoms with Crippen molar-refractivity contribution in [2.24, 2.45) is 0 Å². The highest BCUT2D eigenvalue weighted by Crippen LogP contribution is 2.20. The Hall–Kier alpha value is -1.57. The number of benzene rings is 1. The first-order valence-corrected chi connectivity index (χ1v) is 9.54. The smallest absolute Gasteiger partial charge is 0.242 e. The van der Waals surface area contributed by atoms with Crippen molar-refractivity contribution < 1.29 is 13.2 Å². The fraction of sp³-hybridized carbons (Fsp3) is 0.400. The van der Waals surface area contributed by atoms with Crippen LogP contribution >= 0.6 is 11.6 Å². The molecule has 1 amide bonds. The molecule has 0 N–H and O–H groups in total. The van der Waals surface area contributed by atoms with Crippen LogP contribution in [0.5, 0.6) is 0 Å². The molecule has 1 aliphatic heterocycles. The van der Waals surface area contributed by atoms with Crippen LogP contribution in [0.3, 0.4) is 0 Å². The summed E-state index contributed by atoms with van der Waals surface area (Å²) >= 11 is 5.97. The maximum Gasteiger partial charge on any atom is 0.242 e. The molecule has 0 saturated carbocycles. The number of hydrogen-bond donors (Lipinski definition) is 0. The Morgan fingerprint density at radius 2 is 1.87 bits per heavy atom. The van der Waals surface area contributed by atoms with Gasteiger partial charge in [-0.2, -0.15) is 4.31 Å². The molecule has 1 aromatic heterocycles. The zero-order valence-corrected chi connectivity index (χ0v) is 14.3. The molecule has 0 bridgehead atoms. The van der Waals surface area contributed by atoms with E-state index in [2.05, 4.69) is 0 Å². The maximum absolute atomic E-state index is 12.4. The van der Waals surface area contributed by atoms with E-state index >= 15 is 0 Å². The molecular formula is C15H18ClN3O3S. The number of carbonyl (C=O) groups excluding carboxylic acids is 1. The van der Waals surface area contributed by atoms with Gasteiger partial charge in [-0.3, -0.25) is 4.79 Å². The molecule has 0 atom stereocenters. The fourth-order valence-corrected chi connectivity index (χ4v) is 3.83. The summed E-state index contributed by atoms with van der Waals surface area (Å²) in [4.78, 5) is 14.2. The van der Waals surface area contributed by atoms with Crippen LogP contribution in [0.4, 0.5) is 0 Å². The average Bonchev–Trinajstić information content (AvgIpc) is 2.88. The minimum absolute atomic E-state index is 0.00870. The fourth-order valence-electron chi connectivity index (χ4n) is 2.82. The molecule has 1 aromatic carbocycles. The zero-order valence-electron chi connectivity index (χ0n) is 12.8. The second-order valence-corrected chi connectivity index (χ2v) is 8.11. The number of hydrogen-bond acceptors (Lipinski definition) is 3. The Labute approximate surface area is 140 Å². The molecule has 0 radical (unpaired) electrons. The summed E-state index contributed by atoms with van der Waals surface area (Å²) in [6, 6.07) is 7.49. The number of fused-ring (bicyclic) bond motifs is 1. The van der Waals surface area contributed by atoms with Gasteiger partial charge in [0, 0.05) is 48.3 Å². The number of halogens is 1. The normalized spacial score (nSPS) is 16.9. The van der Waals surface area contributed by atoms with Crippen molar-refractivity contribution in [3.05, 3.63) is 35.5 Å². The molecule has 2 heterocycles. The third kappa shape index (κ3) is 3.52. The Morgan fingerprint density at radius 3 is 2.52 bits per heavy atom. The van der Waals surface area contributed by atoms with Crippen molar-refractivity contribution in [1.29, 1.82) is 0 Å². The molecule has 2 aromatic rings. The van der Waals surface area contributed by atoms with Gasteiger partial charge >= 0.3 is 0 Å². The van der Waals surface area contributed by atoms with E-state index < -0.39 is 10.0 Å². The van der Waals surface area contributed by atoms with Crippen molar-refractivity contribution in [3.63, 3.8) is 0 Å². The van der Waals surface area contributed by atoms with Gasteiger partial charge in [0.2, 0.25) is 15.9 Å². The van der Waals surface area contributed by atoms with Crippen molar-refractivity contribution in [1.82, 2.24) is 13.8 Å². The maximum atomic E-state index is 12.4. The molecule has 0 unspecified atom stereocenters. The van der Waals surface area contributed by atoms with Gasteiger partial charge in [-0.15, -0.1) is 0 Å². The summed E-state index contributed by atoms with van der Waals surface area (Å²) in [5, 5.41) is 1.66. The van der Waals surface area contributed by atoms with Crippen LogP contribution in [0.25, 0.3) is 10.9 Å². The highest BCUT2D eigenvalue weighted by molar-refractivity contribution is 7.88. The Kier molecular flexibility index (Phi) is 4.35. The van der Waals surface area contributed by atoms with Crippen molar-refractivity contribution in [2.75, 3.05) is 32.4 Å². The number of nitrogens with zero attached hydrogens (tertiary/aromatic N) is 3. The van der Waals surface area contributed by atoms with Gasteiger partial charge in [-0.25, -0.2) is 8.42 Å². The van der Waals surface area contributed by atoms with Crippen molar-refractivity contribution in [3.8, 4) is 0 Å². The minimum Gasteiger partial charge on any atom is -0.339 e. The average molecular weight is 356 g/mol.